The average molecular weight is 811 g/mol. The van der Waals surface area contributed by atoms with Crippen LogP contribution in [0, 0.1) is 12.7 Å². The lowest BCUT2D eigenvalue weighted by molar-refractivity contribution is -0.128. The van der Waals surface area contributed by atoms with Crippen molar-refractivity contribution in [3.63, 3.8) is 0 Å². The third-order valence-corrected chi connectivity index (χ3v) is 11.7. The second kappa shape index (κ2) is 16.6. The molecule has 0 saturated carbocycles. The third-order valence-electron chi connectivity index (χ3n) is 11.7. The fraction of sp³-hybridized carbons (Fsp3) is 0.432. The topological polar surface area (TPSA) is 179 Å². The normalized spacial score (nSPS) is 18.2. The molecule has 15 heteroatoms. The van der Waals surface area contributed by atoms with Crippen LogP contribution in [-0.4, -0.2) is 88.8 Å². The molecule has 4 heterocycles. The maximum Gasteiger partial charge on any atom is 0.411 e. The summed E-state index contributed by atoms with van der Waals surface area (Å²) >= 11 is 0. The van der Waals surface area contributed by atoms with Crippen LogP contribution in [-0.2, 0) is 62.0 Å². The van der Waals surface area contributed by atoms with Gasteiger partial charge in [0.1, 0.15) is 43.7 Å². The molecule has 0 unspecified atom stereocenters. The Bertz CT molecular complexity index is 2410. The van der Waals surface area contributed by atoms with Crippen molar-refractivity contribution < 1.29 is 38.1 Å². The minimum Gasteiger partial charge on any atom is -0.490 e. The second-order valence-electron chi connectivity index (χ2n) is 16.0. The highest BCUT2D eigenvalue weighted by Gasteiger charge is 2.42. The van der Waals surface area contributed by atoms with Crippen LogP contribution in [0.3, 0.4) is 0 Å². The number of amides is 2. The summed E-state index contributed by atoms with van der Waals surface area (Å²) in [6.45, 7) is 9.44. The fourth-order valence-electron chi connectivity index (χ4n) is 8.18. The Balaban J connectivity index is 1.08. The summed E-state index contributed by atoms with van der Waals surface area (Å²) < 4.78 is 34.0. The van der Waals surface area contributed by atoms with E-state index < -0.39 is 35.5 Å². The van der Waals surface area contributed by atoms with Crippen molar-refractivity contribution in [2.45, 2.75) is 83.9 Å². The van der Waals surface area contributed by atoms with E-state index in [1.54, 1.807) is 55.7 Å². The number of aromatic nitrogens is 2. The van der Waals surface area contributed by atoms with Crippen molar-refractivity contribution >= 4 is 28.7 Å². The highest BCUT2D eigenvalue weighted by molar-refractivity contribution is 5.93. The van der Waals surface area contributed by atoms with Crippen molar-refractivity contribution in [2.75, 3.05) is 40.5 Å². The van der Waals surface area contributed by atoms with Crippen LogP contribution >= 0.6 is 0 Å². The molecule has 3 aliphatic rings. The SMILES string of the molecule is C=C1OCc2c(cc3n(c2=O)Cc2c-3nc3cc(F)c(C)c4c3c2[C@@H](NC(=O)COCN(CCN(C)C)C(=O)OCc2ccc(CC(=O)[C@H](C)N)cc2)CC4)[C@@]1(O)CC. The maximum atomic E-state index is 15.4. The highest BCUT2D eigenvalue weighted by Crippen LogP contribution is 2.46. The van der Waals surface area contributed by atoms with Gasteiger partial charge in [-0.15, -0.1) is 0 Å². The predicted molar refractivity (Wildman–Crippen MR) is 218 cm³/mol. The van der Waals surface area contributed by atoms with Crippen LogP contribution in [0.25, 0.3) is 22.3 Å². The van der Waals surface area contributed by atoms with E-state index in [1.807, 2.05) is 19.0 Å². The van der Waals surface area contributed by atoms with Crippen LogP contribution in [0.15, 0.2) is 53.5 Å². The van der Waals surface area contributed by atoms with Crippen molar-refractivity contribution in [2.24, 2.45) is 5.73 Å². The van der Waals surface area contributed by atoms with Crippen LogP contribution in [0.1, 0.15) is 77.2 Å². The van der Waals surface area contributed by atoms with Gasteiger partial charge in [0, 0.05) is 42.1 Å². The molecular formula is C44H51FN6O8. The second-order valence-corrected chi connectivity index (χ2v) is 16.0. The first kappa shape index (κ1) is 41.7. The number of ketones is 1. The van der Waals surface area contributed by atoms with E-state index in [2.05, 4.69) is 11.9 Å². The van der Waals surface area contributed by atoms with E-state index in [-0.39, 0.29) is 69.6 Å². The average Bonchev–Trinajstić information content (AvgIpc) is 3.58. The Morgan fingerprint density at radius 3 is 2.58 bits per heavy atom. The number of halogens is 1. The Kier molecular flexibility index (Phi) is 11.8. The number of ether oxygens (including phenoxy) is 3. The Labute approximate surface area is 341 Å². The molecule has 1 aliphatic carbocycles. The molecule has 0 bridgehead atoms. The van der Waals surface area contributed by atoms with Gasteiger partial charge in [0.25, 0.3) is 5.56 Å². The number of hydrogen-bond acceptors (Lipinski definition) is 11. The van der Waals surface area contributed by atoms with E-state index in [0.717, 1.165) is 33.2 Å². The quantitative estimate of drug-likeness (QED) is 0.137. The van der Waals surface area contributed by atoms with Gasteiger partial charge in [-0.25, -0.2) is 14.2 Å². The molecule has 0 fully saturated rings. The number of aryl methyl sites for hydroxylation is 1. The van der Waals surface area contributed by atoms with Gasteiger partial charge < -0.3 is 39.8 Å². The predicted octanol–water partition coefficient (Wildman–Crippen LogP) is 4.25. The van der Waals surface area contributed by atoms with Gasteiger partial charge in [-0.2, -0.15) is 0 Å². The zero-order valence-corrected chi connectivity index (χ0v) is 34.2. The first-order chi connectivity index (χ1) is 28.1. The zero-order chi connectivity index (χ0) is 42.3. The van der Waals surface area contributed by atoms with Crippen LogP contribution < -0.4 is 16.6 Å². The van der Waals surface area contributed by atoms with Gasteiger partial charge >= 0.3 is 6.09 Å². The van der Waals surface area contributed by atoms with Gasteiger partial charge in [0.05, 0.1) is 41.1 Å². The number of carbonyl (C=O) groups is 3. The summed E-state index contributed by atoms with van der Waals surface area (Å²) in [5.74, 6) is -0.721. The molecule has 0 radical (unpaired) electrons. The van der Waals surface area contributed by atoms with Gasteiger partial charge in [0.2, 0.25) is 5.91 Å². The number of fused-ring (bicyclic) bond motifs is 5. The third kappa shape index (κ3) is 7.99. The monoisotopic (exact) mass is 810 g/mol. The summed E-state index contributed by atoms with van der Waals surface area (Å²) in [5, 5.41) is 15.5. The molecule has 59 heavy (non-hydrogen) atoms. The molecule has 14 nitrogen and oxygen atoms in total. The van der Waals surface area contributed by atoms with Crippen molar-refractivity contribution in [3.05, 3.63) is 109 Å². The summed E-state index contributed by atoms with van der Waals surface area (Å²) in [6, 6.07) is 9.27. The van der Waals surface area contributed by atoms with Crippen molar-refractivity contribution in [1.29, 1.82) is 0 Å². The van der Waals surface area contributed by atoms with E-state index in [4.69, 9.17) is 24.9 Å². The number of pyridine rings is 2. The van der Waals surface area contributed by atoms with Gasteiger partial charge in [0.15, 0.2) is 5.78 Å². The lowest BCUT2D eigenvalue weighted by Crippen LogP contribution is -2.40. The molecule has 2 amide bonds. The summed E-state index contributed by atoms with van der Waals surface area (Å²) in [7, 11) is 3.75. The standard InChI is InChI=1S/C44H51FN6O8/c1-7-44(56)26(4)58-21-31-32(44)17-36-41-30(19-51(36)42(31)54)40-34(13-12-29-24(2)33(45)18-35(48-41)39(29)40)47-38(53)22-57-23-50(15-14-49(5)6)43(55)59-20-28-10-8-27(9-11-28)16-37(52)25(3)46/h8-11,17-18,25,34,56H,4,7,12-16,19-23,46H2,1-3,5-6H3,(H,47,53)/t25-,34-,44+/m0/s1. The van der Waals surface area contributed by atoms with Gasteiger partial charge in [-0.05, 0) is 81.1 Å². The maximum absolute atomic E-state index is 15.4. The number of rotatable bonds is 14. The number of benzene rings is 2. The zero-order valence-electron chi connectivity index (χ0n) is 34.2. The van der Waals surface area contributed by atoms with Crippen molar-refractivity contribution in [3.8, 4) is 11.4 Å². The van der Waals surface area contributed by atoms with Crippen LogP contribution in [0.4, 0.5) is 9.18 Å². The molecule has 4 aromatic rings. The van der Waals surface area contributed by atoms with Crippen LogP contribution in [0.2, 0.25) is 0 Å². The lowest BCUT2D eigenvalue weighted by Gasteiger charge is -2.35. The van der Waals surface area contributed by atoms with E-state index >= 15 is 4.39 Å². The number of nitrogens with two attached hydrogens (primary N) is 1. The molecule has 7 rings (SSSR count). The molecular weight excluding hydrogens is 760 g/mol. The molecule has 2 aromatic heterocycles. The van der Waals surface area contributed by atoms with Crippen molar-refractivity contribution in [1.82, 2.24) is 24.7 Å². The smallest absolute Gasteiger partial charge is 0.411 e. The largest absolute Gasteiger partial charge is 0.490 e. The minimum atomic E-state index is -1.57. The molecule has 4 N–H and O–H groups in total. The highest BCUT2D eigenvalue weighted by atomic mass is 19.1. The minimum absolute atomic E-state index is 0.00226. The number of Topliss-reactive ketones (excluding diaryl/α,β-unsaturated/α-hetero) is 1. The number of nitrogens with zero attached hydrogens (tertiary/aromatic N) is 4. The molecule has 2 aliphatic heterocycles. The molecule has 2 aromatic carbocycles. The Morgan fingerprint density at radius 2 is 1.88 bits per heavy atom. The Hall–Kier alpha value is -5.48. The fourth-order valence-corrected chi connectivity index (χ4v) is 8.18. The molecule has 3 atom stereocenters. The van der Waals surface area contributed by atoms with Crippen LogP contribution in [0.5, 0.6) is 0 Å². The molecule has 0 saturated heterocycles. The number of nitrogens with one attached hydrogen (secondary N) is 1. The molecule has 312 valence electrons. The first-order valence-electron chi connectivity index (χ1n) is 19.9. The molecule has 0 spiro atoms. The number of hydrogen-bond donors (Lipinski definition) is 3. The van der Waals surface area contributed by atoms with E-state index in [1.165, 1.54) is 11.0 Å². The Morgan fingerprint density at radius 1 is 1.15 bits per heavy atom. The lowest BCUT2D eigenvalue weighted by atomic mass is 9.81. The van der Waals surface area contributed by atoms with Gasteiger partial charge in [-0.1, -0.05) is 37.8 Å². The number of aliphatic hydroxyl groups is 1. The summed E-state index contributed by atoms with van der Waals surface area (Å²) in [5.41, 5.74) is 10.3. The van der Waals surface area contributed by atoms with E-state index in [0.29, 0.717) is 53.0 Å². The number of likely N-dealkylation sites (N-methyl/N-ethyl adjacent to an activating group) is 1. The first-order valence-corrected chi connectivity index (χ1v) is 19.9. The summed E-state index contributed by atoms with van der Waals surface area (Å²) in [4.78, 5) is 61.1. The van der Waals surface area contributed by atoms with Gasteiger partial charge in [-0.3, -0.25) is 19.3 Å². The number of carbonyl (C=O) groups excluding carboxylic acids is 3. The van der Waals surface area contributed by atoms with E-state index in [9.17, 15) is 24.3 Å². The summed E-state index contributed by atoms with van der Waals surface area (Å²) in [6.07, 6.45) is 0.790.